The van der Waals surface area contributed by atoms with E-state index in [4.69, 9.17) is 59.2 Å². The molecule has 4 aliphatic heterocycles. The smallest absolute Gasteiger partial charge is 0.271 e. The molecule has 0 atom stereocenters. The number of likely N-dealkylation sites (N-methyl/N-ethyl adjacent to an activating group) is 1. The number of amides is 6. The molecule has 17 N–H and O–H groups in total. The van der Waals surface area contributed by atoms with Gasteiger partial charge < -0.3 is 104 Å². The summed E-state index contributed by atoms with van der Waals surface area (Å²) in [6, 6.07) is 50.7. The summed E-state index contributed by atoms with van der Waals surface area (Å²) in [4.78, 5) is 115. The van der Waals surface area contributed by atoms with E-state index < -0.39 is 23.6 Å². The molecule has 34 nitrogen and oxygen atoms in total. The van der Waals surface area contributed by atoms with E-state index in [2.05, 4.69) is 91.8 Å². The summed E-state index contributed by atoms with van der Waals surface area (Å²) in [7, 11) is 1.69. The third-order valence-electron chi connectivity index (χ3n) is 18.6. The van der Waals surface area contributed by atoms with Crippen LogP contribution in [0.2, 0.25) is 5.02 Å². The van der Waals surface area contributed by atoms with E-state index >= 15 is 0 Å². The predicted molar refractivity (Wildman–Crippen MR) is 448 cm³/mol. The quantitative estimate of drug-likeness (QED) is 0.0323. The fraction of sp³-hybridized carbons (Fsp3) is 0.235. The number of nitrogens with one attached hydrogen (secondary N) is 7. The van der Waals surface area contributed by atoms with Gasteiger partial charge in [-0.05, 0) is 153 Å². The Morgan fingerprint density at radius 1 is 0.368 bits per heavy atom. The van der Waals surface area contributed by atoms with Crippen molar-refractivity contribution in [1.82, 2.24) is 45.2 Å². The first-order chi connectivity index (χ1) is 56.8. The van der Waals surface area contributed by atoms with Crippen LogP contribution >= 0.6 is 11.6 Å². The molecule has 12 aromatic rings. The Balaban J connectivity index is 0.000000136. The number of anilines is 14. The van der Waals surface area contributed by atoms with Gasteiger partial charge in [-0.3, -0.25) is 28.8 Å². The van der Waals surface area contributed by atoms with Gasteiger partial charge in [-0.2, -0.15) is 0 Å². The third kappa shape index (κ3) is 21.0. The number of halogens is 2. The number of fused-ring (bicyclic) bond motifs is 4. The maximum atomic E-state index is 14.6. The highest BCUT2D eigenvalue weighted by molar-refractivity contribution is 6.33. The highest BCUT2D eigenvalue weighted by Gasteiger charge is 2.24. The van der Waals surface area contributed by atoms with E-state index in [1.54, 1.807) is 85.9 Å². The summed E-state index contributed by atoms with van der Waals surface area (Å²) >= 11 is 6.48. The van der Waals surface area contributed by atoms with Crippen molar-refractivity contribution in [2.75, 3.05) is 177 Å². The molecule has 602 valence electrons. The fourth-order valence-electron chi connectivity index (χ4n) is 12.9. The average molecular weight is 1610 g/mol. The van der Waals surface area contributed by atoms with Crippen LogP contribution in [-0.4, -0.2) is 201 Å². The predicted octanol–water partition coefficient (Wildman–Crippen LogP) is 8.08. The van der Waals surface area contributed by atoms with Crippen molar-refractivity contribution in [1.29, 1.82) is 0 Å². The maximum Gasteiger partial charge on any atom is 0.271 e. The minimum absolute atomic E-state index is 0.00589. The molecule has 0 unspecified atom stereocenters. The van der Waals surface area contributed by atoms with Gasteiger partial charge in [-0.15, -0.1) is 0 Å². The van der Waals surface area contributed by atoms with E-state index in [1.807, 2.05) is 89.8 Å². The van der Waals surface area contributed by atoms with Crippen molar-refractivity contribution >= 4 is 171 Å². The normalized spacial score (nSPS) is 14.0. The number of hydrogen-bond acceptors (Lipinski definition) is 28. The van der Waals surface area contributed by atoms with Crippen molar-refractivity contribution in [2.45, 2.75) is 0 Å². The van der Waals surface area contributed by atoms with Crippen molar-refractivity contribution in [3.63, 3.8) is 0 Å². The lowest BCUT2D eigenvalue weighted by molar-refractivity contribution is -0.116. The fourth-order valence-corrected chi connectivity index (χ4v) is 13.2. The van der Waals surface area contributed by atoms with Crippen LogP contribution in [0.1, 0.15) is 42.0 Å². The Hall–Kier alpha value is -13.7. The zero-order chi connectivity index (χ0) is 81.9. The van der Waals surface area contributed by atoms with Gasteiger partial charge in [0.2, 0.25) is 11.8 Å². The summed E-state index contributed by atoms with van der Waals surface area (Å²) < 4.78 is 36.1. The van der Waals surface area contributed by atoms with Crippen LogP contribution in [0, 0.1) is 5.82 Å². The van der Waals surface area contributed by atoms with Gasteiger partial charge >= 0.3 is 0 Å². The van der Waals surface area contributed by atoms with Crippen LogP contribution in [0.25, 0.3) is 44.1 Å². The Morgan fingerprint density at radius 2 is 0.675 bits per heavy atom. The van der Waals surface area contributed by atoms with Gasteiger partial charge in [0, 0.05) is 97.9 Å². The van der Waals surface area contributed by atoms with Gasteiger partial charge in [0.25, 0.3) is 23.6 Å². The Kier molecular flexibility index (Phi) is 26.7. The van der Waals surface area contributed by atoms with Gasteiger partial charge in [0.05, 0.1) is 126 Å². The van der Waals surface area contributed by atoms with E-state index in [-0.39, 0.29) is 71.0 Å². The Labute approximate surface area is 674 Å². The second-order valence-corrected chi connectivity index (χ2v) is 27.1. The van der Waals surface area contributed by atoms with Crippen LogP contribution in [0.15, 0.2) is 170 Å². The molecule has 8 heterocycles. The summed E-state index contributed by atoms with van der Waals surface area (Å²) in [5.74, 6) is -2.61. The highest BCUT2D eigenvalue weighted by Crippen LogP contribution is 2.34. The number of ether oxygens (including phenoxy) is 4. The van der Waals surface area contributed by atoms with Crippen molar-refractivity contribution < 1.29 is 52.1 Å². The molecule has 16 rings (SSSR count). The van der Waals surface area contributed by atoms with Crippen LogP contribution < -0.4 is 85.5 Å². The van der Waals surface area contributed by atoms with E-state index in [1.165, 1.54) is 6.07 Å². The third-order valence-corrected chi connectivity index (χ3v) is 18.9. The number of nitrogens with two attached hydrogens (primary N) is 5. The molecule has 8 aromatic carbocycles. The van der Waals surface area contributed by atoms with E-state index in [0.717, 1.165) is 80.9 Å². The molecule has 0 bridgehead atoms. The lowest BCUT2D eigenvalue weighted by Crippen LogP contribution is -2.36. The van der Waals surface area contributed by atoms with Crippen molar-refractivity contribution in [3.05, 3.63) is 203 Å². The van der Waals surface area contributed by atoms with Gasteiger partial charge in [0.15, 0.2) is 46.0 Å². The van der Waals surface area contributed by atoms with Gasteiger partial charge in [-0.25, -0.2) is 44.3 Å². The Bertz CT molecular complexity index is 5460. The molecule has 4 fully saturated rings. The molecule has 6 amide bonds. The lowest BCUT2D eigenvalue weighted by Gasteiger charge is -2.29. The number of aromatic nitrogens is 8. The topological polar surface area (TPSA) is 470 Å². The average Bonchev–Trinajstić information content (AvgIpc) is 0.809. The molecule has 4 aliphatic rings. The van der Waals surface area contributed by atoms with E-state index in [0.29, 0.717) is 136 Å². The second kappa shape index (κ2) is 38.4. The Morgan fingerprint density at radius 3 is 1.03 bits per heavy atom. The molecule has 4 saturated heterocycles. The van der Waals surface area contributed by atoms with Crippen LogP contribution in [0.5, 0.6) is 0 Å². The molecule has 0 aliphatic carbocycles. The number of primary amides is 4. The van der Waals surface area contributed by atoms with Crippen LogP contribution in [-0.2, 0) is 28.5 Å². The molecule has 4 aromatic heterocycles. The summed E-state index contributed by atoms with van der Waals surface area (Å²) in [5.41, 5.74) is 39.3. The number of carbonyl (C=O) groups is 6. The van der Waals surface area contributed by atoms with Crippen molar-refractivity contribution in [2.24, 2.45) is 28.7 Å². The minimum Gasteiger partial charge on any atom is -0.378 e. The molecule has 36 heteroatoms. The standard InChI is InChI=1S/C22H25N7O3.C21H23N7O3.C19H18ClN5O2.C19H18FN5O2/c1-24-13-19(30)25-15-4-7-17-18(12-15)27-20(21(23)31)22(28-17)26-14-2-5-16(6-3-14)29-8-10-32-11-9-29;22-12-18(29)24-14-3-6-16-17(11-14)26-19(20(23)30)21(27-16)25-13-1-4-15(5-2-13)28-7-9-31-10-8-28;2*20-13-11-12(5-6-16(13)25-7-9-27-10-8-25)22-19-17(18(21)26)23-14-3-1-2-4-15(14)24-19/h2-7,12,24H,8-11,13H2,1H3,(H2,23,31)(H,25,30)(H,26,28);1-6,11H,7-10,12,22H2,(H2,23,30)(H,24,29)(H,25,27);2*1-6,11H,7-10H2,(H2,21,26)(H,22,24). The summed E-state index contributed by atoms with van der Waals surface area (Å²) in [6.45, 7) is 11.7. The monoisotopic (exact) mass is 1610 g/mol. The van der Waals surface area contributed by atoms with Crippen LogP contribution in [0.4, 0.5) is 84.5 Å². The lowest BCUT2D eigenvalue weighted by atomic mass is 10.2. The second-order valence-electron chi connectivity index (χ2n) is 26.7. The molecule has 117 heavy (non-hydrogen) atoms. The van der Waals surface area contributed by atoms with Crippen LogP contribution in [0.3, 0.4) is 0 Å². The van der Waals surface area contributed by atoms with Gasteiger partial charge in [0.1, 0.15) is 5.82 Å². The zero-order valence-corrected chi connectivity index (χ0v) is 64.2. The SMILES string of the molecule is CNCC(=O)Nc1ccc2nc(Nc3ccc(N4CCOCC4)cc3)c(C(N)=O)nc2c1.NC(=O)c1nc2ccccc2nc1Nc1ccc(N2CCOCC2)c(Cl)c1.NC(=O)c1nc2ccccc2nc1Nc1ccc(N2CCOCC2)c(F)c1.NCC(=O)Nc1ccc2nc(Nc3ccc(N4CCOCC4)cc3)c(C(N)=O)nc2c1. The molecule has 0 spiro atoms. The molecular formula is C81H84ClFN24O10. The van der Waals surface area contributed by atoms with Gasteiger partial charge in [-0.1, -0.05) is 35.9 Å². The van der Waals surface area contributed by atoms with Crippen molar-refractivity contribution in [3.8, 4) is 0 Å². The number of para-hydroxylation sites is 4. The molecule has 0 radical (unpaired) electrons. The first-order valence-electron chi connectivity index (χ1n) is 37.3. The largest absolute Gasteiger partial charge is 0.378 e. The summed E-state index contributed by atoms with van der Waals surface area (Å²) in [5, 5.41) is 21.1. The first-order valence-corrected chi connectivity index (χ1v) is 37.7. The number of rotatable bonds is 21. The summed E-state index contributed by atoms with van der Waals surface area (Å²) in [6.07, 6.45) is 0. The number of hydrogen-bond donors (Lipinski definition) is 12. The maximum absolute atomic E-state index is 14.6. The number of nitrogens with zero attached hydrogens (tertiary/aromatic N) is 12. The number of morpholine rings is 4. The molecule has 0 saturated carbocycles. The van der Waals surface area contributed by atoms with E-state index in [9.17, 15) is 33.2 Å². The highest BCUT2D eigenvalue weighted by atomic mass is 35.5. The molecular weight excluding hydrogens is 1520 g/mol. The number of benzene rings is 8. The first kappa shape index (κ1) is 81.3. The number of carbonyl (C=O) groups excluding carboxylic acids is 6. The zero-order valence-electron chi connectivity index (χ0n) is 63.5. The minimum atomic E-state index is -0.710.